The number of carbonyl (C=O) groups is 1. The van der Waals surface area contributed by atoms with Crippen LogP contribution in [0.25, 0.3) is 0 Å². The summed E-state index contributed by atoms with van der Waals surface area (Å²) in [7, 11) is 1.59. The maximum atomic E-state index is 12.2. The van der Waals surface area contributed by atoms with Crippen LogP contribution < -0.4 is 10.1 Å². The molecule has 0 aliphatic carbocycles. The molecule has 21 heavy (non-hydrogen) atoms. The number of ether oxygens (including phenoxy) is 1. The van der Waals surface area contributed by atoms with Crippen molar-refractivity contribution in [3.8, 4) is 5.75 Å². The van der Waals surface area contributed by atoms with Gasteiger partial charge in [0.15, 0.2) is 0 Å². The molecule has 0 spiro atoms. The van der Waals surface area contributed by atoms with Crippen molar-refractivity contribution in [2.45, 2.75) is 26.2 Å². The number of anilines is 1. The zero-order chi connectivity index (χ0) is 15.5. The molecule has 1 aromatic carbocycles. The third-order valence-corrected chi connectivity index (χ3v) is 3.12. The first-order valence-electron chi connectivity index (χ1n) is 6.82. The number of hydrogen-bond donors (Lipinski definition) is 1. The molecule has 1 aromatic heterocycles. The van der Waals surface area contributed by atoms with Crippen LogP contribution in [0.1, 0.15) is 36.8 Å². The van der Waals surface area contributed by atoms with Crippen LogP contribution in [0.5, 0.6) is 5.75 Å². The molecule has 0 aliphatic rings. The van der Waals surface area contributed by atoms with E-state index in [1.807, 2.05) is 24.3 Å². The Balaban J connectivity index is 2.13. The van der Waals surface area contributed by atoms with Crippen LogP contribution >= 0.6 is 0 Å². The summed E-state index contributed by atoms with van der Waals surface area (Å²) >= 11 is 0. The standard InChI is InChI=1S/C17H20N2O2/c1-17(2,3)15-9-8-12(11-18-15)16(20)19-13-6-5-7-14(10-13)21-4/h5-11H,1-4H3,(H,19,20). The summed E-state index contributed by atoms with van der Waals surface area (Å²) in [5.41, 5.74) is 2.16. The predicted octanol–water partition coefficient (Wildman–Crippen LogP) is 3.64. The van der Waals surface area contributed by atoms with Gasteiger partial charge < -0.3 is 10.1 Å². The van der Waals surface area contributed by atoms with E-state index in [1.54, 1.807) is 25.4 Å². The van der Waals surface area contributed by atoms with E-state index in [4.69, 9.17) is 4.74 Å². The summed E-state index contributed by atoms with van der Waals surface area (Å²) in [6.45, 7) is 6.27. The average molecular weight is 284 g/mol. The van der Waals surface area contributed by atoms with E-state index in [-0.39, 0.29) is 11.3 Å². The smallest absolute Gasteiger partial charge is 0.257 e. The van der Waals surface area contributed by atoms with Gasteiger partial charge in [0, 0.05) is 29.1 Å². The minimum atomic E-state index is -0.184. The second kappa shape index (κ2) is 5.95. The number of carbonyl (C=O) groups excluding carboxylic acids is 1. The van der Waals surface area contributed by atoms with Crippen LogP contribution in [0.3, 0.4) is 0 Å². The monoisotopic (exact) mass is 284 g/mol. The Morgan fingerprint density at radius 3 is 2.52 bits per heavy atom. The molecule has 2 rings (SSSR count). The Bertz CT molecular complexity index is 628. The number of rotatable bonds is 3. The molecule has 0 aliphatic heterocycles. The average Bonchev–Trinajstić information content (AvgIpc) is 2.46. The van der Waals surface area contributed by atoms with Crippen LogP contribution in [0.2, 0.25) is 0 Å². The molecule has 0 unspecified atom stereocenters. The van der Waals surface area contributed by atoms with E-state index in [0.29, 0.717) is 17.0 Å². The number of amides is 1. The molecule has 0 fully saturated rings. The van der Waals surface area contributed by atoms with Crippen LogP contribution in [0.4, 0.5) is 5.69 Å². The number of nitrogens with zero attached hydrogens (tertiary/aromatic N) is 1. The van der Waals surface area contributed by atoms with Gasteiger partial charge in [-0.25, -0.2) is 0 Å². The van der Waals surface area contributed by atoms with Crippen molar-refractivity contribution in [2.75, 3.05) is 12.4 Å². The number of aromatic nitrogens is 1. The zero-order valence-corrected chi connectivity index (χ0v) is 12.8. The van der Waals surface area contributed by atoms with Crippen molar-refractivity contribution >= 4 is 11.6 Å². The summed E-state index contributed by atoms with van der Waals surface area (Å²) in [5, 5.41) is 2.83. The topological polar surface area (TPSA) is 51.2 Å². The Morgan fingerprint density at radius 2 is 1.95 bits per heavy atom. The minimum Gasteiger partial charge on any atom is -0.497 e. The van der Waals surface area contributed by atoms with Gasteiger partial charge in [-0.1, -0.05) is 26.8 Å². The predicted molar refractivity (Wildman–Crippen MR) is 83.9 cm³/mol. The third kappa shape index (κ3) is 3.81. The summed E-state index contributed by atoms with van der Waals surface area (Å²) in [4.78, 5) is 16.5. The normalized spacial score (nSPS) is 11.0. The lowest BCUT2D eigenvalue weighted by Crippen LogP contribution is -2.16. The van der Waals surface area contributed by atoms with Gasteiger partial charge in [0.25, 0.3) is 5.91 Å². The van der Waals surface area contributed by atoms with Gasteiger partial charge in [0.1, 0.15) is 5.75 Å². The second-order valence-electron chi connectivity index (χ2n) is 5.87. The largest absolute Gasteiger partial charge is 0.497 e. The highest BCUT2D eigenvalue weighted by Crippen LogP contribution is 2.20. The van der Waals surface area contributed by atoms with Crippen LogP contribution in [0, 0.1) is 0 Å². The molecular formula is C17H20N2O2. The molecular weight excluding hydrogens is 264 g/mol. The van der Waals surface area contributed by atoms with Gasteiger partial charge in [0.2, 0.25) is 0 Å². The first-order chi connectivity index (χ1) is 9.90. The molecule has 0 saturated carbocycles. The van der Waals surface area contributed by atoms with E-state index < -0.39 is 0 Å². The van der Waals surface area contributed by atoms with E-state index in [9.17, 15) is 4.79 Å². The molecule has 4 heteroatoms. The molecule has 0 atom stereocenters. The molecule has 2 aromatic rings. The van der Waals surface area contributed by atoms with Crippen molar-refractivity contribution in [1.29, 1.82) is 0 Å². The summed E-state index contributed by atoms with van der Waals surface area (Å²) in [6, 6.07) is 10.9. The van der Waals surface area contributed by atoms with Gasteiger partial charge >= 0.3 is 0 Å². The summed E-state index contributed by atoms with van der Waals surface area (Å²) < 4.78 is 5.13. The van der Waals surface area contributed by atoms with E-state index in [1.165, 1.54) is 0 Å². The molecule has 1 N–H and O–H groups in total. The lowest BCUT2D eigenvalue weighted by molar-refractivity contribution is 0.102. The Kier molecular flexibility index (Phi) is 4.26. The van der Waals surface area contributed by atoms with Crippen LogP contribution in [-0.4, -0.2) is 18.0 Å². The fraction of sp³-hybridized carbons (Fsp3) is 0.294. The Labute approximate surface area is 125 Å². The quantitative estimate of drug-likeness (QED) is 0.936. The Morgan fingerprint density at radius 1 is 1.19 bits per heavy atom. The maximum absolute atomic E-state index is 12.2. The molecule has 110 valence electrons. The lowest BCUT2D eigenvalue weighted by Gasteiger charge is -2.17. The highest BCUT2D eigenvalue weighted by atomic mass is 16.5. The molecule has 0 saturated heterocycles. The number of nitrogens with one attached hydrogen (secondary N) is 1. The van der Waals surface area contributed by atoms with Gasteiger partial charge in [-0.15, -0.1) is 0 Å². The highest BCUT2D eigenvalue weighted by molar-refractivity contribution is 6.04. The molecule has 4 nitrogen and oxygen atoms in total. The zero-order valence-electron chi connectivity index (χ0n) is 12.8. The van der Waals surface area contributed by atoms with Crippen molar-refractivity contribution < 1.29 is 9.53 Å². The highest BCUT2D eigenvalue weighted by Gasteiger charge is 2.16. The van der Waals surface area contributed by atoms with Crippen molar-refractivity contribution in [1.82, 2.24) is 4.98 Å². The van der Waals surface area contributed by atoms with Gasteiger partial charge in [0.05, 0.1) is 12.7 Å². The first kappa shape index (κ1) is 15.0. The molecule has 1 heterocycles. The van der Waals surface area contributed by atoms with Gasteiger partial charge in [-0.05, 0) is 24.3 Å². The fourth-order valence-electron chi connectivity index (χ4n) is 1.88. The van der Waals surface area contributed by atoms with Gasteiger partial charge in [-0.3, -0.25) is 9.78 Å². The second-order valence-corrected chi connectivity index (χ2v) is 5.87. The van der Waals surface area contributed by atoms with Crippen molar-refractivity contribution in [3.63, 3.8) is 0 Å². The van der Waals surface area contributed by atoms with Gasteiger partial charge in [-0.2, -0.15) is 0 Å². The number of hydrogen-bond acceptors (Lipinski definition) is 3. The molecule has 0 bridgehead atoms. The third-order valence-electron chi connectivity index (χ3n) is 3.12. The Hall–Kier alpha value is -2.36. The van der Waals surface area contributed by atoms with E-state index >= 15 is 0 Å². The SMILES string of the molecule is COc1cccc(NC(=O)c2ccc(C(C)(C)C)nc2)c1. The number of pyridine rings is 1. The molecule has 0 radical (unpaired) electrons. The maximum Gasteiger partial charge on any atom is 0.257 e. The number of methoxy groups -OCH3 is 1. The lowest BCUT2D eigenvalue weighted by atomic mass is 9.91. The van der Waals surface area contributed by atoms with Crippen molar-refractivity contribution in [3.05, 3.63) is 53.9 Å². The first-order valence-corrected chi connectivity index (χ1v) is 6.82. The summed E-state index contributed by atoms with van der Waals surface area (Å²) in [6.07, 6.45) is 1.61. The van der Waals surface area contributed by atoms with E-state index in [2.05, 4.69) is 31.1 Å². The van der Waals surface area contributed by atoms with Crippen LogP contribution in [0.15, 0.2) is 42.6 Å². The number of benzene rings is 1. The fourth-order valence-corrected chi connectivity index (χ4v) is 1.88. The molecule has 1 amide bonds. The summed E-state index contributed by atoms with van der Waals surface area (Å²) in [5.74, 6) is 0.519. The van der Waals surface area contributed by atoms with E-state index in [0.717, 1.165) is 5.69 Å². The minimum absolute atomic E-state index is 0.0260. The van der Waals surface area contributed by atoms with Crippen molar-refractivity contribution in [2.24, 2.45) is 0 Å². The van der Waals surface area contributed by atoms with Crippen LogP contribution in [-0.2, 0) is 5.41 Å².